The molecular formula is C15H24N2O. The molecule has 1 saturated heterocycles. The monoisotopic (exact) mass is 248 g/mol. The number of nitrogens with one attached hydrogen (secondary N) is 1. The number of hydrogen-bond acceptors (Lipinski definition) is 3. The third-order valence-electron chi connectivity index (χ3n) is 3.61. The summed E-state index contributed by atoms with van der Waals surface area (Å²) in [5.74, 6) is 0. The maximum atomic E-state index is 9.56. The molecule has 1 aromatic carbocycles. The molecule has 2 atom stereocenters. The number of rotatable bonds is 5. The summed E-state index contributed by atoms with van der Waals surface area (Å²) >= 11 is 0. The van der Waals surface area contributed by atoms with E-state index in [-0.39, 0.29) is 6.10 Å². The molecular weight excluding hydrogens is 224 g/mol. The first-order valence-corrected chi connectivity index (χ1v) is 6.84. The zero-order valence-electron chi connectivity index (χ0n) is 11.3. The highest BCUT2D eigenvalue weighted by molar-refractivity contribution is 5.14. The van der Waals surface area contributed by atoms with Gasteiger partial charge in [0.15, 0.2) is 0 Å². The van der Waals surface area contributed by atoms with Gasteiger partial charge in [-0.1, -0.05) is 30.3 Å². The van der Waals surface area contributed by atoms with Crippen molar-refractivity contribution in [3.05, 3.63) is 35.9 Å². The molecule has 0 bridgehead atoms. The molecule has 0 saturated carbocycles. The summed E-state index contributed by atoms with van der Waals surface area (Å²) in [4.78, 5) is 2.46. The number of β-amino-alcohol motifs (C(OH)–C–C–N with tert-alkyl or cyclic N) is 1. The van der Waals surface area contributed by atoms with Crippen LogP contribution in [-0.2, 0) is 6.54 Å². The summed E-state index contributed by atoms with van der Waals surface area (Å²) in [6, 6.07) is 11.5. The molecule has 2 rings (SSSR count). The van der Waals surface area contributed by atoms with Gasteiger partial charge in [0.25, 0.3) is 0 Å². The van der Waals surface area contributed by atoms with E-state index in [9.17, 15) is 5.11 Å². The number of aliphatic hydroxyl groups excluding tert-OH is 1. The minimum Gasteiger partial charge on any atom is -0.392 e. The summed E-state index contributed by atoms with van der Waals surface area (Å²) in [5, 5.41) is 12.9. The molecule has 18 heavy (non-hydrogen) atoms. The Labute approximate surface area is 110 Å². The largest absolute Gasteiger partial charge is 0.392 e. The fourth-order valence-electron chi connectivity index (χ4n) is 2.50. The Bertz CT molecular complexity index is 353. The van der Waals surface area contributed by atoms with Crippen LogP contribution in [0.4, 0.5) is 0 Å². The zero-order chi connectivity index (χ0) is 13.0. The fourth-order valence-corrected chi connectivity index (χ4v) is 2.50. The van der Waals surface area contributed by atoms with Gasteiger partial charge in [0.1, 0.15) is 0 Å². The molecule has 1 aliphatic rings. The molecule has 3 heteroatoms. The Morgan fingerprint density at radius 2 is 2.06 bits per heavy atom. The molecule has 100 valence electrons. The van der Waals surface area contributed by atoms with Gasteiger partial charge in [-0.25, -0.2) is 0 Å². The number of hydrogen-bond donors (Lipinski definition) is 2. The normalized spacial score (nSPS) is 24.1. The van der Waals surface area contributed by atoms with Crippen molar-refractivity contribution in [3.8, 4) is 0 Å². The van der Waals surface area contributed by atoms with Crippen LogP contribution >= 0.6 is 0 Å². The summed E-state index contributed by atoms with van der Waals surface area (Å²) in [7, 11) is 0. The molecule has 0 amide bonds. The highest BCUT2D eigenvalue weighted by Gasteiger charge is 2.24. The average molecular weight is 248 g/mol. The van der Waals surface area contributed by atoms with E-state index >= 15 is 0 Å². The zero-order valence-corrected chi connectivity index (χ0v) is 11.3. The Morgan fingerprint density at radius 1 is 1.33 bits per heavy atom. The summed E-state index contributed by atoms with van der Waals surface area (Å²) in [6.07, 6.45) is 0.707. The molecule has 0 aromatic heterocycles. The molecule has 2 unspecified atom stereocenters. The molecule has 1 aromatic rings. The Balaban J connectivity index is 1.92. The molecule has 1 aliphatic heterocycles. The van der Waals surface area contributed by atoms with Crippen molar-refractivity contribution in [1.82, 2.24) is 10.2 Å². The van der Waals surface area contributed by atoms with E-state index in [0.29, 0.717) is 12.1 Å². The topological polar surface area (TPSA) is 35.5 Å². The van der Waals surface area contributed by atoms with E-state index in [0.717, 1.165) is 26.1 Å². The lowest BCUT2D eigenvalue weighted by molar-refractivity contribution is 0.173. The lowest BCUT2D eigenvalue weighted by atomic mass is 10.1. The standard InChI is InChI=1S/C15H24N2O/c1-12(2)17(10-13-6-4-3-5-7-13)11-14-8-15(18)9-16-14/h3-7,12,14-16,18H,8-11H2,1-2H3. The van der Waals surface area contributed by atoms with Crippen LogP contribution in [-0.4, -0.2) is 41.3 Å². The van der Waals surface area contributed by atoms with Gasteiger partial charge in [0.05, 0.1) is 6.10 Å². The second kappa shape index (κ2) is 6.32. The molecule has 0 radical (unpaired) electrons. The Hall–Kier alpha value is -0.900. The van der Waals surface area contributed by atoms with Crippen molar-refractivity contribution in [2.75, 3.05) is 13.1 Å². The maximum Gasteiger partial charge on any atom is 0.0680 e. The number of nitrogens with zero attached hydrogens (tertiary/aromatic N) is 1. The highest BCUT2D eigenvalue weighted by atomic mass is 16.3. The van der Waals surface area contributed by atoms with E-state index in [1.807, 2.05) is 0 Å². The number of aliphatic hydroxyl groups is 1. The summed E-state index contributed by atoms with van der Waals surface area (Å²) in [6.45, 7) is 7.18. The van der Waals surface area contributed by atoms with Gasteiger partial charge >= 0.3 is 0 Å². The summed E-state index contributed by atoms with van der Waals surface area (Å²) < 4.78 is 0. The number of benzene rings is 1. The van der Waals surface area contributed by atoms with Crippen LogP contribution in [0, 0.1) is 0 Å². The van der Waals surface area contributed by atoms with Crippen molar-refractivity contribution < 1.29 is 5.11 Å². The molecule has 0 aliphatic carbocycles. The van der Waals surface area contributed by atoms with Crippen molar-refractivity contribution in [2.45, 2.75) is 45.0 Å². The van der Waals surface area contributed by atoms with Crippen LogP contribution in [0.15, 0.2) is 30.3 Å². The van der Waals surface area contributed by atoms with Crippen molar-refractivity contribution in [1.29, 1.82) is 0 Å². The first-order chi connectivity index (χ1) is 8.65. The lowest BCUT2D eigenvalue weighted by Gasteiger charge is -2.29. The third-order valence-corrected chi connectivity index (χ3v) is 3.61. The van der Waals surface area contributed by atoms with Gasteiger partial charge < -0.3 is 10.4 Å². The smallest absolute Gasteiger partial charge is 0.0680 e. The van der Waals surface area contributed by atoms with Crippen LogP contribution in [0.5, 0.6) is 0 Å². The van der Waals surface area contributed by atoms with Crippen LogP contribution in [0.1, 0.15) is 25.8 Å². The van der Waals surface area contributed by atoms with E-state index in [1.165, 1.54) is 5.56 Å². The quantitative estimate of drug-likeness (QED) is 0.831. The van der Waals surface area contributed by atoms with Gasteiger partial charge in [-0.2, -0.15) is 0 Å². The van der Waals surface area contributed by atoms with Gasteiger partial charge in [-0.05, 0) is 25.8 Å². The predicted octanol–water partition coefficient (Wildman–Crippen LogP) is 1.62. The second-order valence-corrected chi connectivity index (χ2v) is 5.50. The molecule has 1 heterocycles. The van der Waals surface area contributed by atoms with Crippen LogP contribution in [0.25, 0.3) is 0 Å². The van der Waals surface area contributed by atoms with Gasteiger partial charge in [-0.3, -0.25) is 4.90 Å². The second-order valence-electron chi connectivity index (χ2n) is 5.50. The highest BCUT2D eigenvalue weighted by Crippen LogP contribution is 2.13. The van der Waals surface area contributed by atoms with Crippen molar-refractivity contribution in [3.63, 3.8) is 0 Å². The van der Waals surface area contributed by atoms with E-state index in [2.05, 4.69) is 54.4 Å². The molecule has 2 N–H and O–H groups in total. The molecule has 0 spiro atoms. The van der Waals surface area contributed by atoms with Gasteiger partial charge in [0.2, 0.25) is 0 Å². The molecule has 1 fully saturated rings. The third kappa shape index (κ3) is 3.80. The predicted molar refractivity (Wildman–Crippen MR) is 74.4 cm³/mol. The van der Waals surface area contributed by atoms with E-state index in [1.54, 1.807) is 0 Å². The van der Waals surface area contributed by atoms with Gasteiger partial charge in [0, 0.05) is 31.7 Å². The minimum atomic E-state index is -0.166. The van der Waals surface area contributed by atoms with Gasteiger partial charge in [-0.15, -0.1) is 0 Å². The average Bonchev–Trinajstić information content (AvgIpc) is 2.75. The first kappa shape index (κ1) is 13.5. The van der Waals surface area contributed by atoms with Crippen LogP contribution in [0.2, 0.25) is 0 Å². The summed E-state index contributed by atoms with van der Waals surface area (Å²) in [5.41, 5.74) is 1.35. The van der Waals surface area contributed by atoms with Crippen LogP contribution < -0.4 is 5.32 Å². The van der Waals surface area contributed by atoms with Crippen molar-refractivity contribution >= 4 is 0 Å². The fraction of sp³-hybridized carbons (Fsp3) is 0.600. The maximum absolute atomic E-state index is 9.56. The SMILES string of the molecule is CC(C)N(Cc1ccccc1)CC1CC(O)CN1. The molecule has 3 nitrogen and oxygen atoms in total. The minimum absolute atomic E-state index is 0.166. The van der Waals surface area contributed by atoms with E-state index in [4.69, 9.17) is 0 Å². The van der Waals surface area contributed by atoms with E-state index < -0.39 is 0 Å². The van der Waals surface area contributed by atoms with Crippen molar-refractivity contribution in [2.24, 2.45) is 0 Å². The lowest BCUT2D eigenvalue weighted by Crippen LogP contribution is -2.40. The first-order valence-electron chi connectivity index (χ1n) is 6.84. The Morgan fingerprint density at radius 3 is 2.61 bits per heavy atom. The van der Waals surface area contributed by atoms with Crippen LogP contribution in [0.3, 0.4) is 0 Å². The Kier molecular flexibility index (Phi) is 4.75.